The van der Waals surface area contributed by atoms with E-state index in [1.165, 1.54) is 5.56 Å². The van der Waals surface area contributed by atoms with Crippen molar-refractivity contribution in [2.24, 2.45) is 0 Å². The molecule has 1 atom stereocenters. The number of benzene rings is 1. The largest absolute Gasteiger partial charge is 0.378 e. The third-order valence-electron chi connectivity index (χ3n) is 5.63. The number of anilines is 1. The van der Waals surface area contributed by atoms with Crippen LogP contribution in [0, 0.1) is 6.92 Å². The van der Waals surface area contributed by atoms with Gasteiger partial charge in [-0.1, -0.05) is 29.8 Å². The first-order valence-electron chi connectivity index (χ1n) is 9.83. The summed E-state index contributed by atoms with van der Waals surface area (Å²) in [6.45, 7) is 7.55. The van der Waals surface area contributed by atoms with Crippen LogP contribution < -0.4 is 10.5 Å². The van der Waals surface area contributed by atoms with Crippen LogP contribution in [-0.4, -0.2) is 53.6 Å². The lowest BCUT2D eigenvalue weighted by atomic mass is 9.97. The van der Waals surface area contributed by atoms with E-state index in [9.17, 15) is 9.59 Å². The van der Waals surface area contributed by atoms with Crippen molar-refractivity contribution in [3.8, 4) is 0 Å². The van der Waals surface area contributed by atoms with Gasteiger partial charge >= 0.3 is 0 Å². The van der Waals surface area contributed by atoms with Crippen LogP contribution in [0.25, 0.3) is 0 Å². The second-order valence-electron chi connectivity index (χ2n) is 7.56. The average Bonchev–Trinajstić information content (AvgIpc) is 2.73. The highest BCUT2D eigenvalue weighted by molar-refractivity contribution is 5.83. The van der Waals surface area contributed by atoms with Crippen molar-refractivity contribution in [3.63, 3.8) is 0 Å². The topological polar surface area (TPSA) is 78.5 Å². The van der Waals surface area contributed by atoms with Gasteiger partial charge in [0.25, 0.3) is 5.56 Å². The molecule has 0 bridgehead atoms. The van der Waals surface area contributed by atoms with Gasteiger partial charge in [0.15, 0.2) is 0 Å². The Bertz CT molecular complexity index is 916. The second kappa shape index (κ2) is 7.75. The van der Waals surface area contributed by atoms with E-state index in [2.05, 4.69) is 4.98 Å². The Morgan fingerprint density at radius 3 is 2.61 bits per heavy atom. The Morgan fingerprint density at radius 2 is 1.89 bits per heavy atom. The predicted molar refractivity (Wildman–Crippen MR) is 107 cm³/mol. The molecule has 2 aromatic rings. The van der Waals surface area contributed by atoms with Crippen LogP contribution in [0.3, 0.4) is 0 Å². The highest BCUT2D eigenvalue weighted by Gasteiger charge is 2.28. The number of hydrogen-bond acceptors (Lipinski definition) is 5. The summed E-state index contributed by atoms with van der Waals surface area (Å²) in [6.07, 6.45) is 0.535. The Morgan fingerprint density at radius 1 is 1.18 bits per heavy atom. The number of aromatic nitrogens is 2. The van der Waals surface area contributed by atoms with Crippen molar-refractivity contribution in [3.05, 3.63) is 57.0 Å². The minimum Gasteiger partial charge on any atom is -0.378 e. The number of aryl methyl sites for hydroxylation is 1. The number of carbonyl (C=O) groups is 1. The van der Waals surface area contributed by atoms with Gasteiger partial charge in [0, 0.05) is 25.2 Å². The summed E-state index contributed by atoms with van der Waals surface area (Å²) < 4.78 is 5.37. The standard InChI is InChI=1S/C21H26N4O3/c1-14-3-5-16(6-4-14)15(2)20(27)25-8-7-17-18(13-25)22-21(23-19(17)26)24-9-11-28-12-10-24/h3-6,15H,7-13H2,1-2H3,(H,22,23,26). The van der Waals surface area contributed by atoms with E-state index in [1.807, 2.05) is 47.9 Å². The van der Waals surface area contributed by atoms with Crippen LogP contribution >= 0.6 is 0 Å². The quantitative estimate of drug-likeness (QED) is 0.873. The molecule has 1 fully saturated rings. The molecule has 2 aliphatic heterocycles. The van der Waals surface area contributed by atoms with E-state index in [1.54, 1.807) is 0 Å². The van der Waals surface area contributed by atoms with Gasteiger partial charge in [-0.2, -0.15) is 0 Å². The molecule has 2 aliphatic rings. The van der Waals surface area contributed by atoms with Gasteiger partial charge in [-0.3, -0.25) is 14.6 Å². The molecular weight excluding hydrogens is 356 g/mol. The van der Waals surface area contributed by atoms with E-state index < -0.39 is 0 Å². The van der Waals surface area contributed by atoms with E-state index in [0.717, 1.165) is 5.56 Å². The van der Waals surface area contributed by atoms with Crippen molar-refractivity contribution in [1.82, 2.24) is 14.9 Å². The molecule has 1 aromatic heterocycles. The number of aromatic amines is 1. The molecule has 1 aromatic carbocycles. The number of amides is 1. The zero-order valence-electron chi connectivity index (χ0n) is 16.4. The zero-order valence-corrected chi connectivity index (χ0v) is 16.4. The molecule has 148 valence electrons. The second-order valence-corrected chi connectivity index (χ2v) is 7.56. The number of H-pyrrole nitrogens is 1. The van der Waals surface area contributed by atoms with Gasteiger partial charge in [-0.25, -0.2) is 4.98 Å². The maximum atomic E-state index is 13.1. The van der Waals surface area contributed by atoms with Gasteiger partial charge in [0.05, 0.1) is 31.4 Å². The molecule has 4 rings (SSSR count). The molecule has 1 saturated heterocycles. The summed E-state index contributed by atoms with van der Waals surface area (Å²) in [4.78, 5) is 37.0. The lowest BCUT2D eigenvalue weighted by molar-refractivity contribution is -0.133. The molecular formula is C21H26N4O3. The van der Waals surface area contributed by atoms with Crippen LogP contribution in [0.15, 0.2) is 29.1 Å². The van der Waals surface area contributed by atoms with Crippen molar-refractivity contribution >= 4 is 11.9 Å². The number of nitrogens with one attached hydrogen (secondary N) is 1. The lowest BCUT2D eigenvalue weighted by Crippen LogP contribution is -2.43. The summed E-state index contributed by atoms with van der Waals surface area (Å²) in [5.74, 6) is 0.431. The van der Waals surface area contributed by atoms with Crippen LogP contribution in [0.5, 0.6) is 0 Å². The third-order valence-corrected chi connectivity index (χ3v) is 5.63. The Balaban J connectivity index is 1.54. The first-order chi connectivity index (χ1) is 13.5. The Labute approximate surface area is 164 Å². The summed E-state index contributed by atoms with van der Waals surface area (Å²) in [7, 11) is 0. The molecule has 1 N–H and O–H groups in total. The lowest BCUT2D eigenvalue weighted by Gasteiger charge is -2.32. The summed E-state index contributed by atoms with van der Waals surface area (Å²) in [6, 6.07) is 8.07. The summed E-state index contributed by atoms with van der Waals surface area (Å²) in [5.41, 5.74) is 3.50. The Hall–Kier alpha value is -2.67. The van der Waals surface area contributed by atoms with Gasteiger partial charge in [0.1, 0.15) is 0 Å². The van der Waals surface area contributed by atoms with Gasteiger partial charge in [-0.15, -0.1) is 0 Å². The maximum absolute atomic E-state index is 13.1. The highest BCUT2D eigenvalue weighted by Crippen LogP contribution is 2.23. The number of carbonyl (C=O) groups excluding carboxylic acids is 1. The minimum atomic E-state index is -0.220. The van der Waals surface area contributed by atoms with Crippen molar-refractivity contribution < 1.29 is 9.53 Å². The van der Waals surface area contributed by atoms with E-state index in [0.29, 0.717) is 63.0 Å². The number of morpholine rings is 1. The summed E-state index contributed by atoms with van der Waals surface area (Å²) in [5, 5.41) is 0. The first kappa shape index (κ1) is 18.7. The number of ether oxygens (including phenoxy) is 1. The maximum Gasteiger partial charge on any atom is 0.255 e. The van der Waals surface area contributed by atoms with E-state index >= 15 is 0 Å². The van der Waals surface area contributed by atoms with E-state index in [4.69, 9.17) is 9.72 Å². The van der Waals surface area contributed by atoms with Crippen LogP contribution in [-0.2, 0) is 22.5 Å². The number of rotatable bonds is 3. The van der Waals surface area contributed by atoms with Gasteiger partial charge < -0.3 is 14.5 Å². The molecule has 0 saturated carbocycles. The molecule has 3 heterocycles. The van der Waals surface area contributed by atoms with Gasteiger partial charge in [-0.05, 0) is 25.8 Å². The molecule has 28 heavy (non-hydrogen) atoms. The van der Waals surface area contributed by atoms with Crippen LogP contribution in [0.1, 0.15) is 35.2 Å². The molecule has 1 amide bonds. The molecule has 0 aliphatic carbocycles. The monoisotopic (exact) mass is 382 g/mol. The van der Waals surface area contributed by atoms with Crippen LogP contribution in [0.2, 0.25) is 0 Å². The molecule has 0 spiro atoms. The minimum absolute atomic E-state index is 0.0736. The molecule has 1 unspecified atom stereocenters. The Kier molecular flexibility index (Phi) is 5.17. The SMILES string of the molecule is Cc1ccc(C(C)C(=O)N2CCc3c(nc(N4CCOCC4)[nH]c3=O)C2)cc1. The molecule has 0 radical (unpaired) electrons. The number of nitrogens with zero attached hydrogens (tertiary/aromatic N) is 3. The van der Waals surface area contributed by atoms with Crippen LogP contribution in [0.4, 0.5) is 5.95 Å². The fourth-order valence-electron chi connectivity index (χ4n) is 3.81. The average molecular weight is 382 g/mol. The molecule has 7 nitrogen and oxygen atoms in total. The van der Waals surface area contributed by atoms with Crippen molar-refractivity contribution in [2.45, 2.75) is 32.7 Å². The normalized spacial score (nSPS) is 17.9. The fraction of sp³-hybridized carbons (Fsp3) is 0.476. The number of fused-ring (bicyclic) bond motifs is 1. The van der Waals surface area contributed by atoms with Crippen molar-refractivity contribution in [1.29, 1.82) is 0 Å². The summed E-state index contributed by atoms with van der Waals surface area (Å²) >= 11 is 0. The fourth-order valence-corrected chi connectivity index (χ4v) is 3.81. The van der Waals surface area contributed by atoms with Crippen molar-refractivity contribution in [2.75, 3.05) is 37.7 Å². The molecule has 7 heteroatoms. The smallest absolute Gasteiger partial charge is 0.255 e. The first-order valence-corrected chi connectivity index (χ1v) is 9.83. The highest BCUT2D eigenvalue weighted by atomic mass is 16.5. The predicted octanol–water partition coefficient (Wildman–Crippen LogP) is 1.60. The van der Waals surface area contributed by atoms with Gasteiger partial charge in [0.2, 0.25) is 11.9 Å². The van der Waals surface area contributed by atoms with E-state index in [-0.39, 0.29) is 17.4 Å². The zero-order chi connectivity index (χ0) is 19.7. The number of hydrogen-bond donors (Lipinski definition) is 1. The third kappa shape index (κ3) is 3.67.